The Hall–Kier alpha value is -2.00. The molecule has 0 spiro atoms. The summed E-state index contributed by atoms with van der Waals surface area (Å²) in [6.07, 6.45) is 0.0654. The summed E-state index contributed by atoms with van der Waals surface area (Å²) in [4.78, 5) is 0. The van der Waals surface area contributed by atoms with Crippen LogP contribution in [-0.4, -0.2) is 5.11 Å². The first-order valence-electron chi connectivity index (χ1n) is 3.59. The molecule has 0 radical (unpaired) electrons. The number of para-hydroxylation sites is 1. The molecule has 0 saturated carbocycles. The third kappa shape index (κ3) is 2.21. The van der Waals surface area contributed by atoms with Gasteiger partial charge in [0.25, 0.3) is 0 Å². The van der Waals surface area contributed by atoms with Gasteiger partial charge in [0.1, 0.15) is 0 Å². The van der Waals surface area contributed by atoms with Crippen LogP contribution in [0.5, 0.6) is 5.75 Å². The molecule has 0 aliphatic rings. The lowest BCUT2D eigenvalue weighted by Gasteiger charge is -1.96. The van der Waals surface area contributed by atoms with Crippen molar-refractivity contribution in [2.24, 2.45) is 0 Å². The summed E-state index contributed by atoms with van der Waals surface area (Å²) >= 11 is 0. The van der Waals surface area contributed by atoms with Gasteiger partial charge in [-0.2, -0.15) is 5.26 Å². The van der Waals surface area contributed by atoms with Crippen LogP contribution >= 0.6 is 0 Å². The standard InChI is InChI=1S/C10H6FNO/c11-9-6-3-5-8(10(9)13)4-1-2-7-12/h3,5-6,13H,2H2. The van der Waals surface area contributed by atoms with Gasteiger partial charge in [-0.05, 0) is 12.1 Å². The summed E-state index contributed by atoms with van der Waals surface area (Å²) in [5.41, 5.74) is 0.204. The van der Waals surface area contributed by atoms with Crippen LogP contribution in [0.4, 0.5) is 4.39 Å². The Morgan fingerprint density at radius 2 is 2.23 bits per heavy atom. The van der Waals surface area contributed by atoms with Crippen LogP contribution in [0, 0.1) is 29.0 Å². The van der Waals surface area contributed by atoms with Crippen LogP contribution in [0.2, 0.25) is 0 Å². The van der Waals surface area contributed by atoms with Crippen LogP contribution in [0.1, 0.15) is 12.0 Å². The van der Waals surface area contributed by atoms with Crippen molar-refractivity contribution in [3.8, 4) is 23.7 Å². The molecular formula is C10H6FNO. The Bertz CT molecular complexity index is 409. The first kappa shape index (κ1) is 9.09. The minimum absolute atomic E-state index is 0.0654. The fourth-order valence-corrected chi connectivity index (χ4v) is 0.795. The summed E-state index contributed by atoms with van der Waals surface area (Å²) in [5, 5.41) is 17.3. The van der Waals surface area contributed by atoms with Crippen LogP contribution in [0.15, 0.2) is 18.2 Å². The molecule has 0 bridgehead atoms. The summed E-state index contributed by atoms with van der Waals surface area (Å²) in [7, 11) is 0. The number of rotatable bonds is 0. The number of phenolic OH excluding ortho intramolecular Hbond substituents is 1. The van der Waals surface area contributed by atoms with Gasteiger partial charge < -0.3 is 5.11 Å². The van der Waals surface area contributed by atoms with Gasteiger partial charge in [0.15, 0.2) is 11.6 Å². The molecule has 0 heterocycles. The number of nitrogens with zero attached hydrogens (tertiary/aromatic N) is 1. The van der Waals surface area contributed by atoms with Gasteiger partial charge in [-0.3, -0.25) is 0 Å². The van der Waals surface area contributed by atoms with E-state index < -0.39 is 11.6 Å². The molecule has 13 heavy (non-hydrogen) atoms. The summed E-state index contributed by atoms with van der Waals surface area (Å²) in [6.45, 7) is 0. The largest absolute Gasteiger partial charge is 0.504 e. The number of nitriles is 1. The van der Waals surface area contributed by atoms with Crippen molar-refractivity contribution in [3.63, 3.8) is 0 Å². The highest BCUT2D eigenvalue weighted by molar-refractivity contribution is 5.45. The smallest absolute Gasteiger partial charge is 0.167 e. The molecule has 64 valence electrons. The van der Waals surface area contributed by atoms with E-state index in [1.54, 1.807) is 0 Å². The lowest BCUT2D eigenvalue weighted by molar-refractivity contribution is 0.431. The molecule has 0 aliphatic carbocycles. The fourth-order valence-electron chi connectivity index (χ4n) is 0.795. The van der Waals surface area contributed by atoms with E-state index >= 15 is 0 Å². The van der Waals surface area contributed by atoms with Crippen LogP contribution in [0.25, 0.3) is 0 Å². The SMILES string of the molecule is N#CCC#Cc1cccc(F)c1O. The third-order valence-electron chi connectivity index (χ3n) is 1.38. The normalized spacial score (nSPS) is 8.31. The molecule has 1 N–H and O–H groups in total. The minimum Gasteiger partial charge on any atom is -0.504 e. The highest BCUT2D eigenvalue weighted by Crippen LogP contribution is 2.19. The molecule has 1 aromatic rings. The maximum absolute atomic E-state index is 12.7. The maximum atomic E-state index is 12.7. The quantitative estimate of drug-likeness (QED) is 0.611. The first-order valence-corrected chi connectivity index (χ1v) is 3.59. The summed E-state index contributed by atoms with van der Waals surface area (Å²) in [6, 6.07) is 5.91. The Balaban J connectivity index is 2.99. The highest BCUT2D eigenvalue weighted by Gasteiger charge is 2.02. The van der Waals surface area contributed by atoms with Crippen LogP contribution < -0.4 is 0 Å². The van der Waals surface area contributed by atoms with E-state index in [2.05, 4.69) is 11.8 Å². The summed E-state index contributed by atoms with van der Waals surface area (Å²) < 4.78 is 12.7. The molecule has 0 unspecified atom stereocenters. The zero-order chi connectivity index (χ0) is 9.68. The van der Waals surface area contributed by atoms with Gasteiger partial charge in [0.2, 0.25) is 0 Å². The molecule has 2 nitrogen and oxygen atoms in total. The molecule has 0 aromatic heterocycles. The van der Waals surface area contributed by atoms with Crippen molar-refractivity contribution < 1.29 is 9.50 Å². The van der Waals surface area contributed by atoms with Crippen LogP contribution in [0.3, 0.4) is 0 Å². The second-order valence-corrected chi connectivity index (χ2v) is 2.27. The number of benzene rings is 1. The van der Waals surface area contributed by atoms with Crippen molar-refractivity contribution >= 4 is 0 Å². The molecule has 0 fully saturated rings. The van der Waals surface area contributed by atoms with E-state index in [9.17, 15) is 4.39 Å². The molecule has 1 rings (SSSR count). The topological polar surface area (TPSA) is 44.0 Å². The second-order valence-electron chi connectivity index (χ2n) is 2.27. The van der Waals surface area contributed by atoms with Crippen molar-refractivity contribution in [1.29, 1.82) is 5.26 Å². The Morgan fingerprint density at radius 1 is 1.46 bits per heavy atom. The van der Waals surface area contributed by atoms with E-state index in [4.69, 9.17) is 10.4 Å². The Morgan fingerprint density at radius 3 is 2.92 bits per heavy atom. The van der Waals surface area contributed by atoms with E-state index in [1.165, 1.54) is 12.1 Å². The number of hydrogen-bond donors (Lipinski definition) is 1. The molecule has 0 saturated heterocycles. The van der Waals surface area contributed by atoms with Gasteiger partial charge in [-0.25, -0.2) is 4.39 Å². The number of hydrogen-bond acceptors (Lipinski definition) is 2. The predicted molar refractivity (Wildman–Crippen MR) is 45.2 cm³/mol. The summed E-state index contributed by atoms with van der Waals surface area (Å²) in [5.74, 6) is 3.80. The van der Waals surface area contributed by atoms with Crippen molar-refractivity contribution in [2.45, 2.75) is 6.42 Å². The maximum Gasteiger partial charge on any atom is 0.167 e. The zero-order valence-corrected chi connectivity index (χ0v) is 6.71. The van der Waals surface area contributed by atoms with E-state index in [-0.39, 0.29) is 12.0 Å². The molecule has 0 amide bonds. The highest BCUT2D eigenvalue weighted by atomic mass is 19.1. The van der Waals surface area contributed by atoms with Gasteiger partial charge in [-0.15, -0.1) is 0 Å². The molecule has 3 heteroatoms. The second kappa shape index (κ2) is 4.13. The minimum atomic E-state index is -0.705. The van der Waals surface area contributed by atoms with Gasteiger partial charge in [-0.1, -0.05) is 17.9 Å². The first-order chi connectivity index (χ1) is 6.25. The third-order valence-corrected chi connectivity index (χ3v) is 1.38. The lowest BCUT2D eigenvalue weighted by atomic mass is 10.2. The average molecular weight is 175 g/mol. The molecule has 0 atom stereocenters. The van der Waals surface area contributed by atoms with E-state index in [0.29, 0.717) is 0 Å². The molecule has 1 aromatic carbocycles. The van der Waals surface area contributed by atoms with Crippen molar-refractivity contribution in [1.82, 2.24) is 0 Å². The number of aromatic hydroxyl groups is 1. The van der Waals surface area contributed by atoms with Gasteiger partial charge in [0, 0.05) is 0 Å². The number of phenols is 1. The molecular weight excluding hydrogens is 169 g/mol. The average Bonchev–Trinajstić information content (AvgIpc) is 2.13. The van der Waals surface area contributed by atoms with E-state index in [0.717, 1.165) is 6.07 Å². The predicted octanol–water partition coefficient (Wildman–Crippen LogP) is 1.80. The fraction of sp³-hybridized carbons (Fsp3) is 0.100. The van der Waals surface area contributed by atoms with Crippen molar-refractivity contribution in [3.05, 3.63) is 29.6 Å². The molecule has 0 aliphatic heterocycles. The van der Waals surface area contributed by atoms with Crippen molar-refractivity contribution in [2.75, 3.05) is 0 Å². The van der Waals surface area contributed by atoms with Gasteiger partial charge >= 0.3 is 0 Å². The monoisotopic (exact) mass is 175 g/mol. The van der Waals surface area contributed by atoms with E-state index in [1.807, 2.05) is 6.07 Å². The Kier molecular flexibility index (Phi) is 2.89. The van der Waals surface area contributed by atoms with Gasteiger partial charge in [0.05, 0.1) is 18.1 Å². The zero-order valence-electron chi connectivity index (χ0n) is 6.71. The Labute approximate surface area is 75.2 Å². The lowest BCUT2D eigenvalue weighted by Crippen LogP contribution is -1.80. The number of halogens is 1. The van der Waals surface area contributed by atoms with Crippen LogP contribution in [-0.2, 0) is 0 Å².